The van der Waals surface area contributed by atoms with Gasteiger partial charge in [0.15, 0.2) is 0 Å². The van der Waals surface area contributed by atoms with Gasteiger partial charge in [0.2, 0.25) is 0 Å². The van der Waals surface area contributed by atoms with Gasteiger partial charge in [-0.2, -0.15) is 10.5 Å². The number of nitrogens with zero attached hydrogens (tertiary/aromatic N) is 12. The molecule has 46 heavy (non-hydrogen) atoms. The second-order valence-electron chi connectivity index (χ2n) is 9.75. The molecule has 2 aromatic carbocycles. The second kappa shape index (κ2) is 26.0. The summed E-state index contributed by atoms with van der Waals surface area (Å²) < 4.78 is 4.97. The Hall–Kier alpha value is -4.24. The first-order valence-electron chi connectivity index (χ1n) is 16.9. The minimum absolute atomic E-state index is 1.10. The molecule has 0 N–H and O–H groups in total. The lowest BCUT2D eigenvalue weighted by Gasteiger charge is -2.18. The number of hydrogen-bond acceptors (Lipinski definition) is 8. The molecule has 0 atom stereocenters. The van der Waals surface area contributed by atoms with Crippen molar-refractivity contribution >= 4 is 34.8 Å². The molecule has 0 saturated heterocycles. The molecular weight excluding hydrogens is 576 g/mol. The van der Waals surface area contributed by atoms with Crippen LogP contribution in [0.3, 0.4) is 0 Å². The van der Waals surface area contributed by atoms with Crippen molar-refractivity contribution < 1.29 is 0 Å². The first kappa shape index (κ1) is 43.9. The van der Waals surface area contributed by atoms with E-state index in [1.54, 1.807) is 0 Å². The van der Waals surface area contributed by atoms with Crippen LogP contribution in [0.25, 0.3) is 10.8 Å². The van der Waals surface area contributed by atoms with Crippen molar-refractivity contribution in [3.63, 3.8) is 0 Å². The molecule has 0 fully saturated rings. The third-order valence-electron chi connectivity index (χ3n) is 7.90. The van der Waals surface area contributed by atoms with Gasteiger partial charge in [-0.3, -0.25) is 0 Å². The zero-order valence-corrected chi connectivity index (χ0v) is 30.9. The lowest BCUT2D eigenvalue weighted by Crippen LogP contribution is -2.29. The first-order chi connectivity index (χ1) is 22.2. The summed E-state index contributed by atoms with van der Waals surface area (Å²) in [6, 6.07) is 2.56. The van der Waals surface area contributed by atoms with E-state index in [0.29, 0.717) is 0 Å². The zero-order chi connectivity index (χ0) is 35.7. The van der Waals surface area contributed by atoms with Crippen LogP contribution >= 0.6 is 0 Å². The number of anilines is 4. The second-order valence-corrected chi connectivity index (χ2v) is 9.75. The lowest BCUT2D eigenvalue weighted by atomic mass is 10.5. The Kier molecular flexibility index (Phi) is 24.8. The molecule has 0 aliphatic heterocycles. The van der Waals surface area contributed by atoms with Gasteiger partial charge in [0.25, 0.3) is 10.7 Å². The molecule has 0 unspecified atom stereocenters. The van der Waals surface area contributed by atoms with Crippen molar-refractivity contribution in [3.8, 4) is 12.4 Å². The van der Waals surface area contributed by atoms with Crippen LogP contribution in [0, 0.1) is 22.9 Å². The van der Waals surface area contributed by atoms with Gasteiger partial charge < -0.3 is 40.4 Å². The Morgan fingerprint density at radius 2 is 0.652 bits per heavy atom. The predicted molar refractivity (Wildman–Crippen MR) is 197 cm³/mol. The summed E-state index contributed by atoms with van der Waals surface area (Å²) in [5.41, 5.74) is 5.97. The average molecular weight is 637 g/mol. The molecule has 256 valence electrons. The summed E-state index contributed by atoms with van der Waals surface area (Å²) in [5, 5.41) is 32.7. The molecule has 0 saturated carbocycles. The average Bonchev–Trinajstić information content (AvgIpc) is 3.99. The molecule has 0 bridgehead atoms. The van der Waals surface area contributed by atoms with Crippen LogP contribution in [-0.2, 0) is 0 Å². The highest BCUT2D eigenvalue weighted by Crippen LogP contribution is 2.33. The summed E-state index contributed by atoms with van der Waals surface area (Å²) in [7, 11) is 0. The zero-order valence-electron chi connectivity index (χ0n) is 30.9. The minimum atomic E-state index is 1.10. The molecule has 0 aliphatic rings. The molecule has 2 rings (SSSR count). The third kappa shape index (κ3) is 13.0. The van der Waals surface area contributed by atoms with Gasteiger partial charge in [0.05, 0.1) is 12.4 Å². The Labute approximate surface area is 279 Å². The maximum Gasteiger partial charge on any atom is 0.251 e. The van der Waals surface area contributed by atoms with E-state index >= 15 is 0 Å². The fraction of sp³-hybridized carbons (Fsp3) is 0.706. The number of aliphatic imine (C=N–C) groups is 2. The molecule has 0 radical (unpaired) electrons. The van der Waals surface area contributed by atoms with E-state index in [2.05, 4.69) is 122 Å². The number of rotatable bonds is 16. The molecule has 2 aromatic rings. The Morgan fingerprint density at radius 1 is 0.457 bits per heavy atom. The standard InChI is InChI=1S/2C15H30N3.2C2N3/c2*1-7-16(8-2)13-14(17(9-3)10-4)15(13)18(11-5)12-6;2*3-1-5-2-4/h2*7-12H2,1-6H3;;/q2*+1;2*-1. The topological polar surface area (TPSA) is 136 Å². The summed E-state index contributed by atoms with van der Waals surface area (Å²) in [5.74, 6) is 0. The third-order valence-corrected chi connectivity index (χ3v) is 7.90. The van der Waals surface area contributed by atoms with E-state index in [1.807, 2.05) is 0 Å². The van der Waals surface area contributed by atoms with Crippen LogP contribution in [0.15, 0.2) is 9.98 Å². The fourth-order valence-electron chi connectivity index (χ4n) is 5.40. The SMILES string of the molecule is CCN(CC)c1c(N(CC)CC)c1=[N+](CC)CC.CCN(CC)c1c(N(CC)CC)c1=[N+](CC)CC.N#CN=C=[N-].N#CN=C=[N-]. The smallest absolute Gasteiger partial charge is 0.251 e. The summed E-state index contributed by atoms with van der Waals surface area (Å²) in [4.78, 5) is 15.1. The minimum Gasteiger partial charge on any atom is -0.422 e. The fourth-order valence-corrected chi connectivity index (χ4v) is 5.40. The maximum absolute atomic E-state index is 7.43. The summed E-state index contributed by atoms with van der Waals surface area (Å²) in [6.07, 6.45) is 2.56. The molecule has 12 heteroatoms. The van der Waals surface area contributed by atoms with Crippen molar-refractivity contribution in [2.45, 2.75) is 83.1 Å². The van der Waals surface area contributed by atoms with Crippen LogP contribution < -0.4 is 39.5 Å². The molecule has 0 amide bonds. The van der Waals surface area contributed by atoms with Crippen LogP contribution in [0.2, 0.25) is 0 Å². The van der Waals surface area contributed by atoms with Crippen LogP contribution in [0.1, 0.15) is 83.1 Å². The monoisotopic (exact) mass is 637 g/mol. The van der Waals surface area contributed by atoms with Gasteiger partial charge in [-0.25, -0.2) is 9.15 Å². The van der Waals surface area contributed by atoms with E-state index in [9.17, 15) is 0 Å². The lowest BCUT2D eigenvalue weighted by molar-refractivity contribution is 0.634. The van der Waals surface area contributed by atoms with Gasteiger partial charge in [-0.15, -0.1) is 12.0 Å². The molecule has 0 aromatic heterocycles. The number of hydrogen-bond donors (Lipinski definition) is 0. The van der Waals surface area contributed by atoms with Crippen molar-refractivity contribution in [1.29, 1.82) is 10.5 Å². The van der Waals surface area contributed by atoms with Crippen LogP contribution in [0.4, 0.5) is 22.7 Å². The molecule has 12 nitrogen and oxygen atoms in total. The summed E-state index contributed by atoms with van der Waals surface area (Å²) >= 11 is 0. The Balaban J connectivity index is 0. The van der Waals surface area contributed by atoms with Crippen molar-refractivity contribution in [3.05, 3.63) is 21.5 Å². The van der Waals surface area contributed by atoms with E-state index in [-0.39, 0.29) is 0 Å². The van der Waals surface area contributed by atoms with Crippen molar-refractivity contribution in [1.82, 2.24) is 9.15 Å². The largest absolute Gasteiger partial charge is 0.422 e. The van der Waals surface area contributed by atoms with Crippen LogP contribution in [-0.4, -0.2) is 90.6 Å². The van der Waals surface area contributed by atoms with Gasteiger partial charge >= 0.3 is 0 Å². The highest BCUT2D eigenvalue weighted by Gasteiger charge is 2.35. The molecule has 0 heterocycles. The number of nitriles is 2. The van der Waals surface area contributed by atoms with Gasteiger partial charge in [-0.05, 0) is 83.1 Å². The highest BCUT2D eigenvalue weighted by molar-refractivity contribution is 5.85. The first-order valence-corrected chi connectivity index (χ1v) is 16.9. The molecule has 0 aliphatic carbocycles. The van der Waals surface area contributed by atoms with Gasteiger partial charge in [0.1, 0.15) is 48.9 Å². The maximum atomic E-state index is 7.43. The van der Waals surface area contributed by atoms with E-state index in [1.165, 1.54) is 57.9 Å². The van der Waals surface area contributed by atoms with Gasteiger partial charge in [-0.1, -0.05) is 0 Å². The molecular formula is C34H60N12. The van der Waals surface area contributed by atoms with E-state index in [4.69, 9.17) is 21.3 Å². The Bertz CT molecular complexity index is 1160. The van der Waals surface area contributed by atoms with Crippen LogP contribution in [0.5, 0.6) is 0 Å². The summed E-state index contributed by atoms with van der Waals surface area (Å²) in [6.45, 7) is 40.1. The van der Waals surface area contributed by atoms with Crippen molar-refractivity contribution in [2.75, 3.05) is 98.1 Å². The highest BCUT2D eigenvalue weighted by atomic mass is 15.3. The predicted octanol–water partition coefficient (Wildman–Crippen LogP) is 4.55. The quantitative estimate of drug-likeness (QED) is 0.151. The normalized spacial score (nSPS) is 9.43. The van der Waals surface area contributed by atoms with Crippen molar-refractivity contribution in [2.24, 2.45) is 9.98 Å². The van der Waals surface area contributed by atoms with E-state index < -0.39 is 0 Å². The van der Waals surface area contributed by atoms with E-state index in [0.717, 1.165) is 78.5 Å². The van der Waals surface area contributed by atoms with Gasteiger partial charge in [0, 0.05) is 52.4 Å². The Morgan fingerprint density at radius 3 is 0.739 bits per heavy atom. The molecule has 0 spiro atoms.